The van der Waals surface area contributed by atoms with Gasteiger partial charge in [0.2, 0.25) is 11.6 Å². The molecule has 1 amide bonds. The number of nitrogens with one attached hydrogen (secondary N) is 1. The van der Waals surface area contributed by atoms with Crippen molar-refractivity contribution >= 4 is 30.0 Å². The van der Waals surface area contributed by atoms with Crippen LogP contribution in [-0.2, 0) is 13.0 Å². The van der Waals surface area contributed by atoms with Gasteiger partial charge in [-0.05, 0) is 36.0 Å². The number of fused-ring (bicyclic) bond motifs is 2. The van der Waals surface area contributed by atoms with Gasteiger partial charge in [0.05, 0.1) is 17.9 Å². The molecule has 0 radical (unpaired) electrons. The Morgan fingerprint density at radius 1 is 1.21 bits per heavy atom. The van der Waals surface area contributed by atoms with Gasteiger partial charge in [0.15, 0.2) is 17.2 Å². The van der Waals surface area contributed by atoms with Gasteiger partial charge in [0.1, 0.15) is 0 Å². The Morgan fingerprint density at radius 3 is 2.91 bits per heavy atom. The molecular weight excluding hydrogens is 425 g/mol. The van der Waals surface area contributed by atoms with Crippen LogP contribution < -0.4 is 21.3 Å². The summed E-state index contributed by atoms with van der Waals surface area (Å²) in [6.07, 6.45) is 3.26. The van der Waals surface area contributed by atoms with E-state index in [0.29, 0.717) is 47.5 Å². The molecule has 0 atom stereocenters. The summed E-state index contributed by atoms with van der Waals surface area (Å²) < 4.78 is 7.47. The van der Waals surface area contributed by atoms with Crippen LogP contribution in [0.1, 0.15) is 28.0 Å². The SMILES string of the molecule is NC(=O)c1cccn2c(-c3nc4c(c(NCc5cccc(B(O)O)c5)n3)OCCC4)nnc12. The van der Waals surface area contributed by atoms with Crippen molar-refractivity contribution in [3.8, 4) is 17.4 Å². The van der Waals surface area contributed by atoms with Gasteiger partial charge in [0, 0.05) is 12.7 Å². The zero-order valence-corrected chi connectivity index (χ0v) is 17.5. The molecule has 0 saturated carbocycles. The maximum Gasteiger partial charge on any atom is 0.488 e. The normalized spacial score (nSPS) is 12.8. The summed E-state index contributed by atoms with van der Waals surface area (Å²) in [5.74, 6) is 1.17. The molecule has 4 aromatic rings. The lowest BCUT2D eigenvalue weighted by molar-refractivity contribution is 0.100. The Kier molecular flexibility index (Phi) is 5.36. The van der Waals surface area contributed by atoms with Crippen LogP contribution in [0.15, 0.2) is 42.6 Å². The van der Waals surface area contributed by atoms with Crippen LogP contribution in [0, 0.1) is 0 Å². The van der Waals surface area contributed by atoms with Crippen LogP contribution in [-0.4, -0.2) is 54.2 Å². The average Bonchev–Trinajstić information content (AvgIpc) is 3.26. The third kappa shape index (κ3) is 3.97. The van der Waals surface area contributed by atoms with Gasteiger partial charge < -0.3 is 25.8 Å². The Labute approximate surface area is 188 Å². The highest BCUT2D eigenvalue weighted by atomic mass is 16.5. The van der Waals surface area contributed by atoms with Gasteiger partial charge in [-0.1, -0.05) is 24.3 Å². The molecule has 166 valence electrons. The molecule has 0 spiro atoms. The molecule has 33 heavy (non-hydrogen) atoms. The molecule has 0 bridgehead atoms. The summed E-state index contributed by atoms with van der Waals surface area (Å²) in [5.41, 5.74) is 8.02. The lowest BCUT2D eigenvalue weighted by atomic mass is 9.80. The Bertz CT molecular complexity index is 1360. The largest absolute Gasteiger partial charge is 0.488 e. The van der Waals surface area contributed by atoms with Crippen molar-refractivity contribution in [1.29, 1.82) is 0 Å². The number of ether oxygens (including phenoxy) is 1. The number of benzene rings is 1. The number of rotatable bonds is 6. The minimum Gasteiger partial charge on any atom is -0.488 e. The topological polar surface area (TPSA) is 161 Å². The molecule has 0 aliphatic carbocycles. The molecule has 5 N–H and O–H groups in total. The van der Waals surface area contributed by atoms with E-state index in [0.717, 1.165) is 24.1 Å². The first-order valence-electron chi connectivity index (χ1n) is 10.4. The number of carbonyl (C=O) groups excluding carboxylic acids is 1. The van der Waals surface area contributed by atoms with Crippen molar-refractivity contribution in [2.75, 3.05) is 11.9 Å². The summed E-state index contributed by atoms with van der Waals surface area (Å²) in [6.45, 7) is 0.936. The molecule has 4 heterocycles. The number of primary amides is 1. The van der Waals surface area contributed by atoms with E-state index in [2.05, 4.69) is 25.5 Å². The number of amides is 1. The Balaban J connectivity index is 1.54. The van der Waals surface area contributed by atoms with E-state index in [1.54, 1.807) is 40.9 Å². The van der Waals surface area contributed by atoms with Crippen molar-refractivity contribution in [1.82, 2.24) is 24.6 Å². The van der Waals surface area contributed by atoms with Crippen LogP contribution in [0.5, 0.6) is 5.75 Å². The monoisotopic (exact) mass is 445 g/mol. The number of carbonyl (C=O) groups is 1. The van der Waals surface area contributed by atoms with Crippen molar-refractivity contribution < 1.29 is 19.6 Å². The van der Waals surface area contributed by atoms with Gasteiger partial charge >= 0.3 is 7.12 Å². The first-order chi connectivity index (χ1) is 16.0. The maximum absolute atomic E-state index is 11.7. The number of pyridine rings is 1. The molecule has 1 aliphatic heterocycles. The molecule has 1 aromatic carbocycles. The fourth-order valence-corrected chi connectivity index (χ4v) is 3.76. The van der Waals surface area contributed by atoms with Gasteiger partial charge in [-0.2, -0.15) is 0 Å². The van der Waals surface area contributed by atoms with Crippen LogP contribution in [0.25, 0.3) is 17.3 Å². The molecule has 3 aromatic heterocycles. The minimum absolute atomic E-state index is 0.252. The van der Waals surface area contributed by atoms with Crippen LogP contribution in [0.4, 0.5) is 5.82 Å². The molecule has 0 saturated heterocycles. The highest BCUT2D eigenvalue weighted by molar-refractivity contribution is 6.58. The predicted molar refractivity (Wildman–Crippen MR) is 120 cm³/mol. The number of nitrogens with two attached hydrogens (primary N) is 1. The zero-order chi connectivity index (χ0) is 22.9. The first kappa shape index (κ1) is 20.9. The van der Waals surface area contributed by atoms with Crippen LogP contribution in [0.3, 0.4) is 0 Å². The summed E-state index contributed by atoms with van der Waals surface area (Å²) in [5, 5.41) is 30.4. The molecule has 1 aliphatic rings. The smallest absolute Gasteiger partial charge is 0.488 e. The Morgan fingerprint density at radius 2 is 2.09 bits per heavy atom. The predicted octanol–water partition coefficient (Wildman–Crippen LogP) is -0.0979. The fourth-order valence-electron chi connectivity index (χ4n) is 3.76. The lowest BCUT2D eigenvalue weighted by Crippen LogP contribution is -2.30. The molecule has 5 rings (SSSR count). The van der Waals surface area contributed by atoms with E-state index < -0.39 is 13.0 Å². The highest BCUT2D eigenvalue weighted by Crippen LogP contribution is 2.33. The second-order valence-corrected chi connectivity index (χ2v) is 7.60. The van der Waals surface area contributed by atoms with Crippen molar-refractivity contribution in [2.24, 2.45) is 5.73 Å². The summed E-state index contributed by atoms with van der Waals surface area (Å²) in [7, 11) is -1.54. The second-order valence-electron chi connectivity index (χ2n) is 7.60. The van der Waals surface area contributed by atoms with E-state index in [-0.39, 0.29) is 5.56 Å². The number of hydrogen-bond donors (Lipinski definition) is 4. The molecular formula is C21H20BN7O4. The van der Waals surface area contributed by atoms with Crippen molar-refractivity contribution in [2.45, 2.75) is 19.4 Å². The molecule has 11 nitrogen and oxygen atoms in total. The van der Waals surface area contributed by atoms with Crippen molar-refractivity contribution in [3.63, 3.8) is 0 Å². The van der Waals surface area contributed by atoms with Crippen LogP contribution >= 0.6 is 0 Å². The third-order valence-corrected chi connectivity index (χ3v) is 5.35. The molecule has 0 unspecified atom stereocenters. The minimum atomic E-state index is -1.54. The maximum atomic E-state index is 11.7. The fraction of sp³-hybridized carbons (Fsp3) is 0.190. The van der Waals surface area contributed by atoms with E-state index in [4.69, 9.17) is 10.5 Å². The van der Waals surface area contributed by atoms with E-state index in [1.165, 1.54) is 0 Å². The molecule has 12 heteroatoms. The quantitative estimate of drug-likeness (QED) is 0.297. The van der Waals surface area contributed by atoms with Crippen molar-refractivity contribution in [3.05, 3.63) is 59.4 Å². The standard InChI is InChI=1S/C21H20BN7O4/c23-17(30)14-6-2-8-29-20(14)27-28-21(29)19-25-15-7-3-9-33-16(15)18(26-19)24-11-12-4-1-5-13(10-12)22(31)32/h1-2,4-6,8,10,31-32H,3,7,9,11H2,(H2,23,30)(H,24,25,26). The number of aromatic nitrogens is 5. The van der Waals surface area contributed by atoms with Crippen LogP contribution in [0.2, 0.25) is 0 Å². The van der Waals surface area contributed by atoms with E-state index in [9.17, 15) is 14.8 Å². The third-order valence-electron chi connectivity index (χ3n) is 5.35. The van der Waals surface area contributed by atoms with Gasteiger partial charge in [-0.3, -0.25) is 9.20 Å². The lowest BCUT2D eigenvalue weighted by Gasteiger charge is -2.20. The first-order valence-corrected chi connectivity index (χ1v) is 10.4. The highest BCUT2D eigenvalue weighted by Gasteiger charge is 2.23. The van der Waals surface area contributed by atoms with E-state index in [1.807, 2.05) is 6.07 Å². The van der Waals surface area contributed by atoms with Gasteiger partial charge in [-0.25, -0.2) is 9.97 Å². The number of hydrogen-bond acceptors (Lipinski definition) is 9. The van der Waals surface area contributed by atoms with Gasteiger partial charge in [0.25, 0.3) is 5.91 Å². The number of aryl methyl sites for hydroxylation is 1. The summed E-state index contributed by atoms with van der Waals surface area (Å²) in [4.78, 5) is 21.0. The zero-order valence-electron chi connectivity index (χ0n) is 17.5. The second kappa shape index (κ2) is 8.49. The number of nitrogens with zero attached hydrogens (tertiary/aromatic N) is 5. The Hall–Kier alpha value is -4.03. The number of anilines is 1. The summed E-state index contributed by atoms with van der Waals surface area (Å²) in [6, 6.07) is 10.2. The van der Waals surface area contributed by atoms with Gasteiger partial charge in [-0.15, -0.1) is 10.2 Å². The average molecular weight is 445 g/mol. The van der Waals surface area contributed by atoms with E-state index >= 15 is 0 Å². The molecule has 0 fully saturated rings. The summed E-state index contributed by atoms with van der Waals surface area (Å²) >= 11 is 0.